The highest BCUT2D eigenvalue weighted by atomic mass is 16.6. The molecule has 3 rings (SSSR count). The summed E-state index contributed by atoms with van der Waals surface area (Å²) in [6.45, 7) is 4.94. The van der Waals surface area contributed by atoms with Crippen LogP contribution in [0.4, 0.5) is 4.79 Å². The molecular weight excluding hydrogens is 440 g/mol. The largest absolute Gasteiger partial charge is 0.436 e. The Hall–Kier alpha value is -3.37. The summed E-state index contributed by atoms with van der Waals surface area (Å²) in [6, 6.07) is 22.2. The number of likely N-dealkylation sites (tertiary alicyclic amines) is 1. The average Bonchev–Trinajstić information content (AvgIpc) is 2.85. The lowest BCUT2D eigenvalue weighted by atomic mass is 9.82. The monoisotopic (exact) mass is 476 g/mol. The molecule has 2 aromatic carbocycles. The lowest BCUT2D eigenvalue weighted by molar-refractivity contribution is -0.132. The quantitative estimate of drug-likeness (QED) is 0.570. The van der Waals surface area contributed by atoms with Crippen LogP contribution >= 0.6 is 0 Å². The Morgan fingerprint density at radius 2 is 1.74 bits per heavy atom. The van der Waals surface area contributed by atoms with Gasteiger partial charge in [-0.3, -0.25) is 4.79 Å². The van der Waals surface area contributed by atoms with Crippen LogP contribution in [-0.4, -0.2) is 48.2 Å². The number of alkyl carbamates (subject to hydrolysis) is 1. The SMILES string of the molecule is CC(C)CC(OC(=O)NCc1ccccc1)C(=O)NC1(C#N)CCN(C)C(Cc2ccccc2)C1. The maximum Gasteiger partial charge on any atom is 0.408 e. The predicted molar refractivity (Wildman–Crippen MR) is 135 cm³/mol. The molecule has 1 heterocycles. The maximum atomic E-state index is 13.3. The Balaban J connectivity index is 1.65. The van der Waals surface area contributed by atoms with Gasteiger partial charge >= 0.3 is 6.09 Å². The Bertz CT molecular complexity index is 1010. The van der Waals surface area contributed by atoms with E-state index in [1.807, 2.05) is 62.4 Å². The van der Waals surface area contributed by atoms with Gasteiger partial charge in [-0.1, -0.05) is 74.5 Å². The predicted octanol–water partition coefficient (Wildman–Crippen LogP) is 4.04. The Morgan fingerprint density at radius 3 is 2.34 bits per heavy atom. The number of benzene rings is 2. The standard InChI is InChI=1S/C28H36N4O3/c1-21(2)16-25(35-27(34)30-19-23-12-8-5-9-13-23)26(33)31-28(20-29)14-15-32(3)24(18-28)17-22-10-6-4-7-11-22/h4-13,21,24-25H,14-19H2,1-3H3,(H,30,34)(H,31,33). The van der Waals surface area contributed by atoms with Crippen molar-refractivity contribution < 1.29 is 14.3 Å². The molecule has 2 aromatic rings. The first kappa shape index (κ1) is 26.2. The molecule has 3 atom stereocenters. The molecule has 3 unspecified atom stereocenters. The van der Waals surface area contributed by atoms with Crippen molar-refractivity contribution in [2.24, 2.45) is 5.92 Å². The van der Waals surface area contributed by atoms with Gasteiger partial charge in [-0.15, -0.1) is 0 Å². The van der Waals surface area contributed by atoms with Crippen molar-refractivity contribution in [2.75, 3.05) is 13.6 Å². The van der Waals surface area contributed by atoms with E-state index in [1.54, 1.807) is 0 Å². The molecule has 1 fully saturated rings. The van der Waals surface area contributed by atoms with Crippen molar-refractivity contribution in [3.63, 3.8) is 0 Å². The highest BCUT2D eigenvalue weighted by Gasteiger charge is 2.42. The number of ether oxygens (including phenoxy) is 1. The second-order valence-electron chi connectivity index (χ2n) is 9.82. The van der Waals surface area contributed by atoms with E-state index >= 15 is 0 Å². The third-order valence-corrected chi connectivity index (χ3v) is 6.50. The molecular formula is C28H36N4O3. The van der Waals surface area contributed by atoms with Gasteiger partial charge in [0.05, 0.1) is 6.07 Å². The number of piperidine rings is 1. The van der Waals surface area contributed by atoms with Crippen molar-refractivity contribution in [3.8, 4) is 6.07 Å². The summed E-state index contributed by atoms with van der Waals surface area (Å²) in [5, 5.41) is 15.8. The third-order valence-electron chi connectivity index (χ3n) is 6.50. The lowest BCUT2D eigenvalue weighted by Gasteiger charge is -2.42. The summed E-state index contributed by atoms with van der Waals surface area (Å²) in [7, 11) is 2.05. The van der Waals surface area contributed by atoms with E-state index in [2.05, 4.69) is 40.8 Å². The molecule has 0 saturated carbocycles. The van der Waals surface area contributed by atoms with Crippen molar-refractivity contribution in [1.29, 1.82) is 5.26 Å². The number of amides is 2. The fourth-order valence-electron chi connectivity index (χ4n) is 4.46. The number of nitrogens with one attached hydrogen (secondary N) is 2. The molecule has 7 nitrogen and oxygen atoms in total. The summed E-state index contributed by atoms with van der Waals surface area (Å²) < 4.78 is 5.54. The molecule has 2 amide bonds. The summed E-state index contributed by atoms with van der Waals surface area (Å²) in [6.07, 6.45) is 0.583. The first-order valence-corrected chi connectivity index (χ1v) is 12.3. The summed E-state index contributed by atoms with van der Waals surface area (Å²) >= 11 is 0. The zero-order chi connectivity index (χ0) is 25.3. The topological polar surface area (TPSA) is 94.5 Å². The van der Waals surface area contributed by atoms with Crippen LogP contribution in [0.1, 0.15) is 44.2 Å². The van der Waals surface area contributed by atoms with Crippen molar-refractivity contribution in [3.05, 3.63) is 71.8 Å². The zero-order valence-electron chi connectivity index (χ0n) is 20.9. The number of nitrogens with zero attached hydrogens (tertiary/aromatic N) is 2. The summed E-state index contributed by atoms with van der Waals surface area (Å²) in [5.74, 6) is -0.285. The van der Waals surface area contributed by atoms with E-state index in [-0.39, 0.29) is 12.0 Å². The number of carbonyl (C=O) groups is 2. The summed E-state index contributed by atoms with van der Waals surface area (Å²) in [4.78, 5) is 28.0. The van der Waals surface area contributed by atoms with Crippen molar-refractivity contribution in [1.82, 2.24) is 15.5 Å². The highest BCUT2D eigenvalue weighted by molar-refractivity contribution is 5.84. The molecule has 0 radical (unpaired) electrons. The number of carbonyl (C=O) groups excluding carboxylic acids is 2. The number of hydrogen-bond acceptors (Lipinski definition) is 5. The van der Waals surface area contributed by atoms with E-state index in [9.17, 15) is 14.9 Å². The van der Waals surface area contributed by atoms with Gasteiger partial charge < -0.3 is 20.3 Å². The first-order chi connectivity index (χ1) is 16.8. The molecule has 0 spiro atoms. The van der Waals surface area contributed by atoms with Gasteiger partial charge in [-0.2, -0.15) is 5.26 Å². The van der Waals surface area contributed by atoms with Crippen LogP contribution in [0.3, 0.4) is 0 Å². The molecule has 0 bridgehead atoms. The number of rotatable bonds is 9. The molecule has 186 valence electrons. The first-order valence-electron chi connectivity index (χ1n) is 12.3. The minimum absolute atomic E-state index is 0.115. The smallest absolute Gasteiger partial charge is 0.408 e. The molecule has 35 heavy (non-hydrogen) atoms. The van der Waals surface area contributed by atoms with Crippen LogP contribution in [0.2, 0.25) is 0 Å². The van der Waals surface area contributed by atoms with Crippen molar-refractivity contribution in [2.45, 2.75) is 63.8 Å². The fraction of sp³-hybridized carbons (Fsp3) is 0.464. The van der Waals surface area contributed by atoms with E-state index in [1.165, 1.54) is 5.56 Å². The zero-order valence-corrected chi connectivity index (χ0v) is 20.9. The van der Waals surface area contributed by atoms with Crippen LogP contribution in [0.25, 0.3) is 0 Å². The van der Waals surface area contributed by atoms with Crippen LogP contribution in [-0.2, 0) is 22.5 Å². The highest BCUT2D eigenvalue weighted by Crippen LogP contribution is 2.28. The van der Waals surface area contributed by atoms with Crippen LogP contribution in [0.15, 0.2) is 60.7 Å². The third kappa shape index (κ3) is 7.83. The Kier molecular flexibility index (Phi) is 9.27. The van der Waals surface area contributed by atoms with Crippen LogP contribution < -0.4 is 10.6 Å². The second-order valence-corrected chi connectivity index (χ2v) is 9.82. The van der Waals surface area contributed by atoms with Gasteiger partial charge in [-0.05, 0) is 49.8 Å². The summed E-state index contributed by atoms with van der Waals surface area (Å²) in [5.41, 5.74) is 1.14. The second kappa shape index (κ2) is 12.4. The molecule has 1 aliphatic rings. The fourth-order valence-corrected chi connectivity index (χ4v) is 4.46. The molecule has 2 N–H and O–H groups in total. The van der Waals surface area contributed by atoms with Gasteiger partial charge in [0.2, 0.25) is 0 Å². The van der Waals surface area contributed by atoms with Crippen LogP contribution in [0, 0.1) is 17.2 Å². The van der Waals surface area contributed by atoms with Crippen molar-refractivity contribution >= 4 is 12.0 Å². The van der Waals surface area contributed by atoms with Gasteiger partial charge in [0.25, 0.3) is 5.91 Å². The Labute approximate surface area is 208 Å². The number of hydrogen-bond donors (Lipinski definition) is 2. The molecule has 1 aliphatic heterocycles. The lowest BCUT2D eigenvalue weighted by Crippen LogP contribution is -2.59. The molecule has 0 aliphatic carbocycles. The number of nitriles is 1. The van der Waals surface area contributed by atoms with Crippen LogP contribution in [0.5, 0.6) is 0 Å². The number of likely N-dealkylation sites (N-methyl/N-ethyl adjacent to an activating group) is 1. The van der Waals surface area contributed by atoms with Gasteiger partial charge in [0.15, 0.2) is 6.10 Å². The molecule has 1 saturated heterocycles. The normalized spacial score (nSPS) is 21.1. The average molecular weight is 477 g/mol. The molecule has 7 heteroatoms. The van der Waals surface area contributed by atoms with Gasteiger partial charge in [-0.25, -0.2) is 4.79 Å². The maximum absolute atomic E-state index is 13.3. The van der Waals surface area contributed by atoms with Gasteiger partial charge in [0, 0.05) is 19.1 Å². The van der Waals surface area contributed by atoms with E-state index in [0.29, 0.717) is 32.4 Å². The van der Waals surface area contributed by atoms with Gasteiger partial charge in [0.1, 0.15) is 5.54 Å². The van der Waals surface area contributed by atoms with E-state index in [4.69, 9.17) is 4.74 Å². The minimum Gasteiger partial charge on any atom is -0.436 e. The Morgan fingerprint density at radius 1 is 1.11 bits per heavy atom. The molecule has 0 aromatic heterocycles. The van der Waals surface area contributed by atoms with E-state index < -0.39 is 23.6 Å². The minimum atomic E-state index is -0.998. The van der Waals surface area contributed by atoms with E-state index in [0.717, 1.165) is 12.0 Å².